The van der Waals surface area contributed by atoms with Crippen LogP contribution in [0.4, 0.5) is 0 Å². The molecule has 1 atom stereocenters. The second kappa shape index (κ2) is 4.94. The Morgan fingerprint density at radius 1 is 1.60 bits per heavy atom. The molecule has 1 saturated heterocycles. The Kier molecular flexibility index (Phi) is 4.11. The third kappa shape index (κ3) is 3.47. The Bertz CT molecular complexity index is 223. The first-order valence-corrected chi connectivity index (χ1v) is 5.72. The first-order valence-electron chi connectivity index (χ1n) is 5.72. The molecule has 0 aromatic rings. The molecule has 4 nitrogen and oxygen atoms in total. The molecule has 1 aliphatic rings. The van der Waals surface area contributed by atoms with Crippen molar-refractivity contribution in [1.82, 2.24) is 4.90 Å². The number of nitrogens with zero attached hydrogens (tertiary/aromatic N) is 1. The maximum atomic E-state index is 11.6. The van der Waals surface area contributed by atoms with Gasteiger partial charge >= 0.3 is 0 Å². The van der Waals surface area contributed by atoms with Gasteiger partial charge in [-0.25, -0.2) is 0 Å². The lowest BCUT2D eigenvalue weighted by Crippen LogP contribution is -2.63. The molecule has 1 amide bonds. The van der Waals surface area contributed by atoms with E-state index in [2.05, 4.69) is 0 Å². The second-order valence-corrected chi connectivity index (χ2v) is 4.70. The monoisotopic (exact) mass is 214 g/mol. The van der Waals surface area contributed by atoms with E-state index in [0.29, 0.717) is 19.5 Å². The quantitative estimate of drug-likeness (QED) is 0.700. The van der Waals surface area contributed by atoms with Crippen LogP contribution in [0.3, 0.4) is 0 Å². The van der Waals surface area contributed by atoms with Crippen molar-refractivity contribution in [3.63, 3.8) is 0 Å². The Balaban J connectivity index is 2.15. The molecule has 0 aromatic carbocycles. The lowest BCUT2D eigenvalue weighted by molar-refractivity contribution is -0.155. The molecule has 0 saturated carbocycles. The fourth-order valence-electron chi connectivity index (χ4n) is 1.80. The predicted octanol–water partition coefficient (Wildman–Crippen LogP) is 0.487. The summed E-state index contributed by atoms with van der Waals surface area (Å²) in [5.41, 5.74) is 4.99. The third-order valence-electron chi connectivity index (χ3n) is 3.03. The van der Waals surface area contributed by atoms with E-state index < -0.39 is 5.60 Å². The molecule has 4 heteroatoms. The molecule has 3 N–H and O–H groups in total. The van der Waals surface area contributed by atoms with Crippen molar-refractivity contribution < 1.29 is 9.90 Å². The number of carbonyl (C=O) groups excluding carboxylic acids is 1. The summed E-state index contributed by atoms with van der Waals surface area (Å²) in [5, 5.41) is 9.74. The Morgan fingerprint density at radius 3 is 2.67 bits per heavy atom. The maximum absolute atomic E-state index is 11.6. The highest BCUT2D eigenvalue weighted by Crippen LogP contribution is 2.24. The zero-order chi connectivity index (χ0) is 11.5. The summed E-state index contributed by atoms with van der Waals surface area (Å²) in [6, 6.07) is 0.168. The summed E-state index contributed by atoms with van der Waals surface area (Å²) >= 11 is 0. The minimum Gasteiger partial charge on any atom is -0.386 e. The van der Waals surface area contributed by atoms with Gasteiger partial charge in [-0.15, -0.1) is 0 Å². The fourth-order valence-corrected chi connectivity index (χ4v) is 1.80. The van der Waals surface area contributed by atoms with E-state index in [9.17, 15) is 9.90 Å². The van der Waals surface area contributed by atoms with Crippen LogP contribution in [0.15, 0.2) is 0 Å². The van der Waals surface area contributed by atoms with Gasteiger partial charge in [0.25, 0.3) is 0 Å². The van der Waals surface area contributed by atoms with Crippen molar-refractivity contribution in [2.45, 2.75) is 51.2 Å². The molecule has 15 heavy (non-hydrogen) atoms. The Morgan fingerprint density at radius 2 is 2.20 bits per heavy atom. The van der Waals surface area contributed by atoms with Crippen LogP contribution in [0.5, 0.6) is 0 Å². The van der Waals surface area contributed by atoms with Gasteiger partial charge in [-0.3, -0.25) is 4.79 Å². The van der Waals surface area contributed by atoms with E-state index in [0.717, 1.165) is 19.3 Å². The van der Waals surface area contributed by atoms with E-state index in [1.807, 2.05) is 13.8 Å². The SMILES string of the molecule is CCC1(O)CN(C(=O)CCCC(C)N)C1. The van der Waals surface area contributed by atoms with E-state index >= 15 is 0 Å². The van der Waals surface area contributed by atoms with Crippen LogP contribution in [0.25, 0.3) is 0 Å². The lowest BCUT2D eigenvalue weighted by Gasteiger charge is -2.46. The normalized spacial score (nSPS) is 20.9. The van der Waals surface area contributed by atoms with Crippen molar-refractivity contribution in [2.75, 3.05) is 13.1 Å². The van der Waals surface area contributed by atoms with Gasteiger partial charge in [-0.1, -0.05) is 6.92 Å². The molecule has 1 rings (SSSR count). The molecule has 1 fully saturated rings. The number of β-amino-alcohol motifs (C(OH)–C–C–N with tert-alkyl or cyclic N) is 1. The average Bonchev–Trinajstić information content (AvgIpc) is 2.12. The summed E-state index contributed by atoms with van der Waals surface area (Å²) in [6.07, 6.45) is 3.01. The first-order chi connectivity index (χ1) is 6.97. The predicted molar refractivity (Wildman–Crippen MR) is 59.3 cm³/mol. The van der Waals surface area contributed by atoms with Gasteiger partial charge in [0.05, 0.1) is 18.7 Å². The van der Waals surface area contributed by atoms with E-state index in [1.165, 1.54) is 0 Å². The minimum atomic E-state index is -0.614. The van der Waals surface area contributed by atoms with Crippen LogP contribution in [0.2, 0.25) is 0 Å². The summed E-state index contributed by atoms with van der Waals surface area (Å²) in [4.78, 5) is 13.3. The number of likely N-dealkylation sites (tertiary alicyclic amines) is 1. The van der Waals surface area contributed by atoms with Crippen LogP contribution in [0, 0.1) is 0 Å². The van der Waals surface area contributed by atoms with E-state index in [1.54, 1.807) is 4.90 Å². The van der Waals surface area contributed by atoms with E-state index in [4.69, 9.17) is 5.73 Å². The standard InChI is InChI=1S/C11H22N2O2/c1-3-11(15)7-13(8-11)10(14)6-4-5-9(2)12/h9,15H,3-8,12H2,1-2H3. The van der Waals surface area contributed by atoms with Crippen molar-refractivity contribution in [2.24, 2.45) is 5.73 Å². The number of amides is 1. The largest absolute Gasteiger partial charge is 0.386 e. The summed E-state index contributed by atoms with van der Waals surface area (Å²) < 4.78 is 0. The number of rotatable bonds is 5. The minimum absolute atomic E-state index is 0.147. The van der Waals surface area contributed by atoms with Crippen LogP contribution in [0.1, 0.15) is 39.5 Å². The molecule has 88 valence electrons. The van der Waals surface area contributed by atoms with Crippen LogP contribution in [-0.2, 0) is 4.79 Å². The molecule has 0 bridgehead atoms. The van der Waals surface area contributed by atoms with Gasteiger partial charge in [-0.05, 0) is 26.2 Å². The maximum Gasteiger partial charge on any atom is 0.222 e. The molecular weight excluding hydrogens is 192 g/mol. The summed E-state index contributed by atoms with van der Waals surface area (Å²) in [7, 11) is 0. The highest BCUT2D eigenvalue weighted by Gasteiger charge is 2.41. The van der Waals surface area contributed by atoms with Gasteiger partial charge in [0.15, 0.2) is 0 Å². The number of nitrogens with two attached hydrogens (primary N) is 1. The number of hydrogen-bond donors (Lipinski definition) is 2. The first kappa shape index (κ1) is 12.5. The second-order valence-electron chi connectivity index (χ2n) is 4.70. The Hall–Kier alpha value is -0.610. The molecule has 1 unspecified atom stereocenters. The topological polar surface area (TPSA) is 66.6 Å². The summed E-state index contributed by atoms with van der Waals surface area (Å²) in [5.74, 6) is 0.147. The number of hydrogen-bond acceptors (Lipinski definition) is 3. The van der Waals surface area contributed by atoms with Crippen molar-refractivity contribution in [3.8, 4) is 0 Å². The highest BCUT2D eigenvalue weighted by atomic mass is 16.3. The smallest absolute Gasteiger partial charge is 0.222 e. The molecule has 1 aliphatic heterocycles. The molecule has 0 radical (unpaired) electrons. The van der Waals surface area contributed by atoms with Crippen LogP contribution < -0.4 is 5.73 Å². The van der Waals surface area contributed by atoms with Crippen molar-refractivity contribution in [3.05, 3.63) is 0 Å². The average molecular weight is 214 g/mol. The summed E-state index contributed by atoms with van der Waals surface area (Å²) in [6.45, 7) is 4.89. The van der Waals surface area contributed by atoms with Crippen LogP contribution >= 0.6 is 0 Å². The van der Waals surface area contributed by atoms with Gasteiger partial charge in [0.2, 0.25) is 5.91 Å². The van der Waals surface area contributed by atoms with Crippen molar-refractivity contribution in [1.29, 1.82) is 0 Å². The number of carbonyl (C=O) groups is 1. The van der Waals surface area contributed by atoms with Gasteiger partial charge < -0.3 is 15.7 Å². The zero-order valence-electron chi connectivity index (χ0n) is 9.70. The molecule has 1 heterocycles. The van der Waals surface area contributed by atoms with Crippen LogP contribution in [-0.4, -0.2) is 40.6 Å². The van der Waals surface area contributed by atoms with Gasteiger partial charge in [-0.2, -0.15) is 0 Å². The Labute approximate surface area is 91.4 Å². The van der Waals surface area contributed by atoms with Gasteiger partial charge in [0, 0.05) is 12.5 Å². The van der Waals surface area contributed by atoms with E-state index in [-0.39, 0.29) is 11.9 Å². The third-order valence-corrected chi connectivity index (χ3v) is 3.03. The molecule has 0 aromatic heterocycles. The zero-order valence-corrected chi connectivity index (χ0v) is 9.70. The van der Waals surface area contributed by atoms with Crippen molar-refractivity contribution >= 4 is 5.91 Å². The van der Waals surface area contributed by atoms with Gasteiger partial charge in [0.1, 0.15) is 0 Å². The molecular formula is C11H22N2O2. The lowest BCUT2D eigenvalue weighted by atomic mass is 9.91. The number of aliphatic hydroxyl groups is 1. The molecule has 0 spiro atoms. The highest BCUT2D eigenvalue weighted by molar-refractivity contribution is 5.77. The fraction of sp³-hybridized carbons (Fsp3) is 0.909. The molecule has 0 aliphatic carbocycles.